The first-order chi connectivity index (χ1) is 9.52. The van der Waals surface area contributed by atoms with Crippen molar-refractivity contribution >= 4 is 17.4 Å². The van der Waals surface area contributed by atoms with E-state index in [-0.39, 0.29) is 17.3 Å². The molecule has 0 atom stereocenters. The molecule has 0 spiro atoms. The topological polar surface area (TPSA) is 67.8 Å². The molecular weight excluding hydrogens is 283 g/mol. The number of hydrogen-bond acceptors (Lipinski definition) is 3. The van der Waals surface area contributed by atoms with E-state index >= 15 is 0 Å². The number of ether oxygens (including phenoxy) is 1. The summed E-state index contributed by atoms with van der Waals surface area (Å²) in [6, 6.07) is 9.34. The van der Waals surface area contributed by atoms with E-state index in [0.717, 1.165) is 0 Å². The summed E-state index contributed by atoms with van der Waals surface area (Å²) in [5, 5.41) is 12.0. The summed E-state index contributed by atoms with van der Waals surface area (Å²) >= 11 is 5.89. The van der Waals surface area contributed by atoms with Gasteiger partial charge in [-0.1, -0.05) is 28.9 Å². The molecule has 0 aliphatic carbocycles. The molecule has 0 fully saturated rings. The Morgan fingerprint density at radius 1 is 1.30 bits per heavy atom. The number of nitrogens with two attached hydrogens (primary N) is 1. The number of oxime groups is 1. The van der Waals surface area contributed by atoms with E-state index in [1.165, 1.54) is 18.2 Å². The lowest BCUT2D eigenvalue weighted by Gasteiger charge is -2.12. The normalized spacial score (nSPS) is 11.4. The minimum Gasteiger partial charge on any atom is -0.453 e. The molecule has 3 N–H and O–H groups in total. The quantitative estimate of drug-likeness (QED) is 0.393. The van der Waals surface area contributed by atoms with Gasteiger partial charge in [-0.25, -0.2) is 4.39 Å². The van der Waals surface area contributed by atoms with Gasteiger partial charge in [0.05, 0.1) is 5.56 Å². The third kappa shape index (κ3) is 2.83. The van der Waals surface area contributed by atoms with E-state index in [0.29, 0.717) is 16.1 Å². The summed E-state index contributed by atoms with van der Waals surface area (Å²) in [7, 11) is 0. The Kier molecular flexibility index (Phi) is 4.10. The molecule has 20 heavy (non-hydrogen) atoms. The average molecular weight is 295 g/mol. The number of amidine groups is 1. The molecule has 0 heterocycles. The zero-order valence-corrected chi connectivity index (χ0v) is 11.4. The second-order valence-corrected chi connectivity index (χ2v) is 4.55. The van der Waals surface area contributed by atoms with Crippen molar-refractivity contribution in [3.05, 3.63) is 58.4 Å². The largest absolute Gasteiger partial charge is 0.453 e. The summed E-state index contributed by atoms with van der Waals surface area (Å²) in [6.45, 7) is 1.63. The van der Waals surface area contributed by atoms with Crippen LogP contribution in [0.2, 0.25) is 5.02 Å². The van der Waals surface area contributed by atoms with Gasteiger partial charge in [-0.2, -0.15) is 0 Å². The van der Waals surface area contributed by atoms with Crippen LogP contribution in [-0.4, -0.2) is 11.0 Å². The Balaban J connectivity index is 2.47. The van der Waals surface area contributed by atoms with E-state index in [1.807, 2.05) is 0 Å². The van der Waals surface area contributed by atoms with Crippen LogP contribution < -0.4 is 10.5 Å². The summed E-state index contributed by atoms with van der Waals surface area (Å²) in [4.78, 5) is 0. The Morgan fingerprint density at radius 3 is 2.75 bits per heavy atom. The van der Waals surface area contributed by atoms with Crippen molar-refractivity contribution in [2.24, 2.45) is 10.9 Å². The fraction of sp³-hybridized carbons (Fsp3) is 0.0714. The monoisotopic (exact) mass is 294 g/mol. The molecule has 0 saturated carbocycles. The standard InChI is InChI=1S/C14H12ClFN2O2/c1-8-3-2-4-11(13(8)16)20-12-7-9(15)5-6-10(12)14(17)18-19/h2-7,19H,1H3,(H2,17,18). The summed E-state index contributed by atoms with van der Waals surface area (Å²) in [6.07, 6.45) is 0. The van der Waals surface area contributed by atoms with Crippen LogP contribution in [0.25, 0.3) is 0 Å². The molecule has 2 aromatic carbocycles. The van der Waals surface area contributed by atoms with Crippen LogP contribution in [-0.2, 0) is 0 Å². The Hall–Kier alpha value is -2.27. The molecule has 0 amide bonds. The number of hydrogen-bond donors (Lipinski definition) is 2. The molecule has 0 unspecified atom stereocenters. The van der Waals surface area contributed by atoms with Crippen LogP contribution in [0.3, 0.4) is 0 Å². The predicted octanol–water partition coefficient (Wildman–Crippen LogP) is 3.67. The van der Waals surface area contributed by atoms with Crippen molar-refractivity contribution in [3.63, 3.8) is 0 Å². The lowest BCUT2D eigenvalue weighted by Crippen LogP contribution is -2.14. The number of aryl methyl sites for hydroxylation is 1. The average Bonchev–Trinajstić information content (AvgIpc) is 2.43. The van der Waals surface area contributed by atoms with Crippen molar-refractivity contribution in [2.75, 3.05) is 0 Å². The minimum atomic E-state index is -0.474. The minimum absolute atomic E-state index is 0.0410. The molecule has 2 rings (SSSR count). The fourth-order valence-corrected chi connectivity index (χ4v) is 1.83. The van der Waals surface area contributed by atoms with Gasteiger partial charge in [-0.15, -0.1) is 0 Å². The van der Waals surface area contributed by atoms with Crippen molar-refractivity contribution in [3.8, 4) is 11.5 Å². The Morgan fingerprint density at radius 2 is 2.05 bits per heavy atom. The molecule has 104 valence electrons. The van der Waals surface area contributed by atoms with Crippen molar-refractivity contribution in [2.45, 2.75) is 6.92 Å². The smallest absolute Gasteiger partial charge is 0.173 e. The van der Waals surface area contributed by atoms with Crippen molar-refractivity contribution in [1.82, 2.24) is 0 Å². The third-order valence-corrected chi connectivity index (χ3v) is 2.94. The molecule has 0 radical (unpaired) electrons. The highest BCUT2D eigenvalue weighted by molar-refractivity contribution is 6.30. The van der Waals surface area contributed by atoms with E-state index in [1.54, 1.807) is 25.1 Å². The highest BCUT2D eigenvalue weighted by Gasteiger charge is 2.13. The lowest BCUT2D eigenvalue weighted by atomic mass is 10.2. The van der Waals surface area contributed by atoms with Gasteiger partial charge >= 0.3 is 0 Å². The highest BCUT2D eigenvalue weighted by Crippen LogP contribution is 2.30. The van der Waals surface area contributed by atoms with Crippen LogP contribution in [0.1, 0.15) is 11.1 Å². The first kappa shape index (κ1) is 14.1. The van der Waals surface area contributed by atoms with Crippen LogP contribution in [0.15, 0.2) is 41.6 Å². The third-order valence-electron chi connectivity index (χ3n) is 2.70. The van der Waals surface area contributed by atoms with Crippen molar-refractivity contribution in [1.29, 1.82) is 0 Å². The maximum Gasteiger partial charge on any atom is 0.173 e. The lowest BCUT2D eigenvalue weighted by molar-refractivity contribution is 0.318. The Bertz CT molecular complexity index is 674. The molecule has 0 aliphatic rings. The van der Waals surface area contributed by atoms with Gasteiger partial charge in [0.25, 0.3) is 0 Å². The first-order valence-corrected chi connectivity index (χ1v) is 6.11. The summed E-state index contributed by atoms with van der Waals surface area (Å²) in [5.41, 5.74) is 6.32. The number of benzene rings is 2. The van der Waals surface area contributed by atoms with E-state index in [4.69, 9.17) is 27.3 Å². The predicted molar refractivity (Wildman–Crippen MR) is 75.2 cm³/mol. The molecule has 2 aromatic rings. The zero-order chi connectivity index (χ0) is 14.7. The van der Waals surface area contributed by atoms with Gasteiger partial charge in [-0.3, -0.25) is 0 Å². The van der Waals surface area contributed by atoms with Gasteiger partial charge in [0.2, 0.25) is 0 Å². The maximum absolute atomic E-state index is 13.9. The van der Waals surface area contributed by atoms with Crippen LogP contribution in [0, 0.1) is 12.7 Å². The SMILES string of the molecule is Cc1cccc(Oc2cc(Cl)ccc2/C(N)=N/O)c1F. The molecular formula is C14H12ClFN2O2. The van der Waals surface area contributed by atoms with E-state index in [9.17, 15) is 4.39 Å². The first-order valence-electron chi connectivity index (χ1n) is 5.73. The molecule has 6 heteroatoms. The molecule has 0 aromatic heterocycles. The van der Waals surface area contributed by atoms with Gasteiger partial charge in [0.15, 0.2) is 17.4 Å². The fourth-order valence-electron chi connectivity index (χ4n) is 1.66. The van der Waals surface area contributed by atoms with Gasteiger partial charge in [0, 0.05) is 11.1 Å². The van der Waals surface area contributed by atoms with Gasteiger partial charge in [-0.05, 0) is 30.7 Å². The number of rotatable bonds is 3. The molecule has 4 nitrogen and oxygen atoms in total. The molecule has 0 aliphatic heterocycles. The van der Waals surface area contributed by atoms with Gasteiger partial charge < -0.3 is 15.7 Å². The number of nitrogens with zero attached hydrogens (tertiary/aromatic N) is 1. The van der Waals surface area contributed by atoms with Gasteiger partial charge in [0.1, 0.15) is 5.75 Å². The highest BCUT2D eigenvalue weighted by atomic mass is 35.5. The van der Waals surface area contributed by atoms with E-state index < -0.39 is 5.82 Å². The second kappa shape index (κ2) is 5.79. The maximum atomic E-state index is 13.9. The summed E-state index contributed by atoms with van der Waals surface area (Å²) < 4.78 is 19.4. The molecule has 0 bridgehead atoms. The number of halogens is 2. The van der Waals surface area contributed by atoms with Crippen molar-refractivity contribution < 1.29 is 14.3 Å². The van der Waals surface area contributed by atoms with E-state index in [2.05, 4.69) is 5.16 Å². The van der Waals surface area contributed by atoms with Crippen LogP contribution in [0.4, 0.5) is 4.39 Å². The van der Waals surface area contributed by atoms with Crippen LogP contribution in [0.5, 0.6) is 11.5 Å². The van der Waals surface area contributed by atoms with Crippen LogP contribution >= 0.6 is 11.6 Å². The molecule has 0 saturated heterocycles. The summed E-state index contributed by atoms with van der Waals surface area (Å²) in [5.74, 6) is -0.376. The second-order valence-electron chi connectivity index (χ2n) is 4.11. The zero-order valence-electron chi connectivity index (χ0n) is 10.6. The Labute approximate surface area is 120 Å².